The number of aromatic amines is 1. The average molecular weight is 449 g/mol. The van der Waals surface area contributed by atoms with Crippen molar-refractivity contribution in [1.82, 2.24) is 29.8 Å². The maximum Gasteiger partial charge on any atom is 0.264 e. The topological polar surface area (TPSA) is 78.3 Å². The number of rotatable bonds is 3. The summed E-state index contributed by atoms with van der Waals surface area (Å²) in [5, 5.41) is 7.82. The summed E-state index contributed by atoms with van der Waals surface area (Å²) in [5.41, 5.74) is 6.49. The third-order valence-corrected chi connectivity index (χ3v) is 8.24. The third-order valence-electron chi connectivity index (χ3n) is 7.08. The molecule has 4 aromatic rings. The number of thiophene rings is 1. The molecule has 6 rings (SSSR count). The van der Waals surface area contributed by atoms with E-state index in [1.54, 1.807) is 17.7 Å². The van der Waals surface area contributed by atoms with Crippen LogP contribution in [-0.2, 0) is 0 Å². The molecular weight excluding hydrogens is 420 g/mol. The number of H-pyrrole nitrogens is 1. The second-order valence-corrected chi connectivity index (χ2v) is 10.5. The van der Waals surface area contributed by atoms with Gasteiger partial charge in [-0.1, -0.05) is 13.8 Å². The van der Waals surface area contributed by atoms with Crippen LogP contribution in [0.15, 0.2) is 24.7 Å². The van der Waals surface area contributed by atoms with Gasteiger partial charge in [0.1, 0.15) is 6.33 Å². The predicted molar refractivity (Wildman–Crippen MR) is 127 cm³/mol. The number of carbonyl (C=O) groups is 1. The Balaban J connectivity index is 1.41. The van der Waals surface area contributed by atoms with E-state index < -0.39 is 0 Å². The molecule has 0 aliphatic carbocycles. The van der Waals surface area contributed by atoms with E-state index in [1.807, 2.05) is 10.7 Å². The first-order chi connectivity index (χ1) is 15.5. The van der Waals surface area contributed by atoms with Crippen molar-refractivity contribution in [2.24, 2.45) is 5.92 Å². The van der Waals surface area contributed by atoms with Crippen molar-refractivity contribution >= 4 is 33.1 Å². The van der Waals surface area contributed by atoms with Crippen LogP contribution in [0.25, 0.3) is 27.1 Å². The lowest BCUT2D eigenvalue weighted by Crippen LogP contribution is -2.48. The van der Waals surface area contributed by atoms with Crippen LogP contribution in [0, 0.1) is 12.8 Å². The molecule has 2 saturated heterocycles. The number of piperidine rings is 1. The zero-order chi connectivity index (χ0) is 22.0. The Morgan fingerprint density at radius 1 is 1.28 bits per heavy atom. The van der Waals surface area contributed by atoms with Gasteiger partial charge in [0, 0.05) is 37.4 Å². The molecule has 0 spiro atoms. The van der Waals surface area contributed by atoms with Gasteiger partial charge in [0.25, 0.3) is 5.91 Å². The van der Waals surface area contributed by atoms with E-state index in [9.17, 15) is 4.79 Å². The minimum atomic E-state index is 0.189. The maximum absolute atomic E-state index is 13.5. The second kappa shape index (κ2) is 7.42. The van der Waals surface area contributed by atoms with Gasteiger partial charge in [-0.3, -0.25) is 4.79 Å². The Labute approximate surface area is 190 Å². The Hall–Kier alpha value is -2.71. The maximum atomic E-state index is 13.5. The monoisotopic (exact) mass is 448 g/mol. The van der Waals surface area contributed by atoms with Crippen molar-refractivity contribution in [3.8, 4) is 11.3 Å². The molecule has 2 atom stereocenters. The van der Waals surface area contributed by atoms with Gasteiger partial charge in [0.05, 0.1) is 20.8 Å². The molecule has 7 nitrogen and oxygen atoms in total. The predicted octanol–water partition coefficient (Wildman–Crippen LogP) is 4.19. The minimum Gasteiger partial charge on any atom is -0.354 e. The highest BCUT2D eigenvalue weighted by atomic mass is 32.1. The van der Waals surface area contributed by atoms with Crippen LogP contribution in [0.1, 0.15) is 53.4 Å². The van der Waals surface area contributed by atoms with Crippen molar-refractivity contribution < 1.29 is 4.79 Å². The van der Waals surface area contributed by atoms with Crippen molar-refractivity contribution in [2.75, 3.05) is 19.6 Å². The van der Waals surface area contributed by atoms with E-state index in [4.69, 9.17) is 0 Å². The van der Waals surface area contributed by atoms with Crippen LogP contribution in [0.4, 0.5) is 0 Å². The van der Waals surface area contributed by atoms with E-state index in [1.165, 1.54) is 16.7 Å². The second-order valence-electron chi connectivity index (χ2n) is 9.49. The van der Waals surface area contributed by atoms with Gasteiger partial charge in [-0.05, 0) is 54.9 Å². The Kier molecular flexibility index (Phi) is 4.62. The lowest BCUT2D eigenvalue weighted by atomic mass is 9.92. The Bertz CT molecular complexity index is 1330. The Morgan fingerprint density at radius 3 is 3.00 bits per heavy atom. The van der Waals surface area contributed by atoms with E-state index in [0.717, 1.165) is 58.9 Å². The molecule has 4 aromatic heterocycles. The molecule has 0 aromatic carbocycles. The van der Waals surface area contributed by atoms with Gasteiger partial charge in [-0.2, -0.15) is 5.10 Å². The van der Waals surface area contributed by atoms with Crippen LogP contribution in [0.3, 0.4) is 0 Å². The number of hydrogen-bond acceptors (Lipinski definition) is 5. The summed E-state index contributed by atoms with van der Waals surface area (Å²) < 4.78 is 3.02. The van der Waals surface area contributed by atoms with Crippen LogP contribution < -0.4 is 5.32 Å². The zero-order valence-electron chi connectivity index (χ0n) is 18.7. The van der Waals surface area contributed by atoms with Gasteiger partial charge in [-0.25, -0.2) is 9.50 Å². The number of aromatic nitrogens is 4. The lowest BCUT2D eigenvalue weighted by molar-refractivity contribution is 0.0580. The molecule has 2 N–H and O–H groups in total. The summed E-state index contributed by atoms with van der Waals surface area (Å²) >= 11 is 1.64. The molecule has 6 heterocycles. The number of amides is 1. The highest BCUT2D eigenvalue weighted by Gasteiger charge is 2.38. The van der Waals surface area contributed by atoms with Crippen LogP contribution in [0.5, 0.6) is 0 Å². The number of aryl methyl sites for hydroxylation is 1. The first-order valence-corrected chi connectivity index (χ1v) is 12.3. The smallest absolute Gasteiger partial charge is 0.264 e. The fourth-order valence-corrected chi connectivity index (χ4v) is 6.84. The normalized spacial score (nSPS) is 21.2. The molecule has 166 valence electrons. The zero-order valence-corrected chi connectivity index (χ0v) is 19.5. The molecule has 0 saturated carbocycles. The number of carbonyl (C=O) groups excluding carboxylic acids is 1. The number of hydrogen-bond donors (Lipinski definition) is 2. The molecule has 0 radical (unpaired) electrons. The summed E-state index contributed by atoms with van der Waals surface area (Å²) in [6, 6.07) is 4.57. The van der Waals surface area contributed by atoms with E-state index in [-0.39, 0.29) is 5.91 Å². The largest absolute Gasteiger partial charge is 0.354 e. The molecule has 32 heavy (non-hydrogen) atoms. The average Bonchev–Trinajstić information content (AvgIpc) is 3.54. The number of likely N-dealkylation sites (tertiary alicyclic amines) is 1. The van der Waals surface area contributed by atoms with Crippen molar-refractivity contribution in [3.63, 3.8) is 0 Å². The van der Waals surface area contributed by atoms with Crippen molar-refractivity contribution in [2.45, 2.75) is 45.6 Å². The molecule has 1 amide bonds. The third kappa shape index (κ3) is 3.00. The molecule has 2 unspecified atom stereocenters. The molecule has 2 aliphatic heterocycles. The summed E-state index contributed by atoms with van der Waals surface area (Å²) in [6.45, 7) is 9.32. The minimum absolute atomic E-state index is 0.189. The number of pyridine rings is 1. The summed E-state index contributed by atoms with van der Waals surface area (Å²) in [7, 11) is 0. The molecule has 2 aliphatic rings. The van der Waals surface area contributed by atoms with Crippen molar-refractivity contribution in [3.05, 3.63) is 40.7 Å². The highest BCUT2D eigenvalue weighted by Crippen LogP contribution is 2.41. The number of fused-ring (bicyclic) bond motifs is 3. The van der Waals surface area contributed by atoms with Gasteiger partial charge < -0.3 is 15.2 Å². The van der Waals surface area contributed by atoms with Gasteiger partial charge in [-0.15, -0.1) is 11.3 Å². The van der Waals surface area contributed by atoms with Crippen LogP contribution in [0.2, 0.25) is 0 Å². The van der Waals surface area contributed by atoms with Gasteiger partial charge >= 0.3 is 0 Å². The summed E-state index contributed by atoms with van der Waals surface area (Å²) in [5.74, 6) is 1.12. The first-order valence-electron chi connectivity index (χ1n) is 11.5. The summed E-state index contributed by atoms with van der Waals surface area (Å²) in [6.07, 6.45) is 5.95. The van der Waals surface area contributed by atoms with Crippen LogP contribution in [-0.4, -0.2) is 56.1 Å². The number of nitrogens with zero attached hydrogens (tertiary/aromatic N) is 4. The van der Waals surface area contributed by atoms with Crippen molar-refractivity contribution in [1.29, 1.82) is 0 Å². The van der Waals surface area contributed by atoms with Gasteiger partial charge in [0.15, 0.2) is 5.65 Å². The molecule has 2 fully saturated rings. The van der Waals surface area contributed by atoms with Gasteiger partial charge in [0.2, 0.25) is 0 Å². The quantitative estimate of drug-likeness (QED) is 0.493. The van der Waals surface area contributed by atoms with E-state index in [0.29, 0.717) is 17.9 Å². The summed E-state index contributed by atoms with van der Waals surface area (Å²) in [4.78, 5) is 24.4. The molecular formula is C24H28N6OS. The SMILES string of the molecule is Cc1cc(-c2[nH]c3cc(C(=O)N4CCCC5CNCC54)sc3c2C(C)C)cn2ncnc12. The standard InChI is InChI=1S/C24H28N6OS/c1-13(2)20-21(16-7-14(3)23-26-12-27-30(23)11-16)28-17-8-19(32-22(17)20)24(31)29-6-4-5-15-9-25-10-18(15)29/h7-8,11-13,15,18,25,28H,4-6,9-10H2,1-3H3. The Morgan fingerprint density at radius 2 is 2.16 bits per heavy atom. The van der Waals surface area contributed by atoms with E-state index in [2.05, 4.69) is 58.2 Å². The molecule has 0 bridgehead atoms. The number of nitrogens with one attached hydrogen (secondary N) is 2. The lowest BCUT2D eigenvalue weighted by Gasteiger charge is -2.36. The fraction of sp³-hybridized carbons (Fsp3) is 0.458. The first kappa shape index (κ1) is 19.9. The fourth-order valence-electron chi connectivity index (χ4n) is 5.58. The van der Waals surface area contributed by atoms with E-state index >= 15 is 0 Å². The molecule has 8 heteroatoms. The highest BCUT2D eigenvalue weighted by molar-refractivity contribution is 7.21. The van der Waals surface area contributed by atoms with Crippen LogP contribution >= 0.6 is 11.3 Å².